The van der Waals surface area contributed by atoms with Crippen LogP contribution in [0.25, 0.3) is 28.1 Å². The number of amides is 1. The second-order valence-electron chi connectivity index (χ2n) is 7.40. The molecule has 1 amide bonds. The van der Waals surface area contributed by atoms with Gasteiger partial charge in [0.1, 0.15) is 23.1 Å². The molecule has 0 spiro atoms. The second-order valence-corrected chi connectivity index (χ2v) is 7.40. The first-order chi connectivity index (χ1) is 15.1. The Bertz CT molecular complexity index is 1210. The van der Waals surface area contributed by atoms with Gasteiger partial charge in [-0.05, 0) is 37.1 Å². The van der Waals surface area contributed by atoms with Gasteiger partial charge in [0, 0.05) is 24.0 Å². The normalized spacial score (nSPS) is 13.2. The first-order valence-electron chi connectivity index (χ1n) is 10.4. The highest BCUT2D eigenvalue weighted by atomic mass is 16.5. The predicted molar refractivity (Wildman–Crippen MR) is 118 cm³/mol. The van der Waals surface area contributed by atoms with Crippen LogP contribution < -0.4 is 10.1 Å². The SMILES string of the molecule is CCC(Oc1cccc2ccc(-c3nnc4ccccn34)nc12)[C@@H](CC)CNC(=O)O. The summed E-state index contributed by atoms with van der Waals surface area (Å²) in [5, 5.41) is 20.9. The molecule has 0 saturated carbocycles. The number of rotatable bonds is 8. The molecule has 0 aliphatic heterocycles. The van der Waals surface area contributed by atoms with Gasteiger partial charge in [-0.15, -0.1) is 10.2 Å². The third-order valence-electron chi connectivity index (χ3n) is 5.47. The van der Waals surface area contributed by atoms with Crippen LogP contribution in [0.5, 0.6) is 5.75 Å². The number of carbonyl (C=O) groups is 1. The van der Waals surface area contributed by atoms with Crippen LogP contribution >= 0.6 is 0 Å². The van der Waals surface area contributed by atoms with Gasteiger partial charge in [-0.25, -0.2) is 9.78 Å². The number of hydrogen-bond donors (Lipinski definition) is 2. The Hall–Kier alpha value is -3.68. The van der Waals surface area contributed by atoms with E-state index in [0.29, 0.717) is 23.8 Å². The van der Waals surface area contributed by atoms with Crippen LogP contribution in [0.2, 0.25) is 0 Å². The number of para-hydroxylation sites is 1. The molecule has 31 heavy (non-hydrogen) atoms. The van der Waals surface area contributed by atoms with E-state index in [2.05, 4.69) is 15.5 Å². The number of aromatic nitrogens is 4. The molecule has 1 unspecified atom stereocenters. The number of ether oxygens (including phenoxy) is 1. The fraction of sp³-hybridized carbons (Fsp3) is 0.304. The van der Waals surface area contributed by atoms with Crippen LogP contribution in [0.4, 0.5) is 4.79 Å². The van der Waals surface area contributed by atoms with Crippen molar-refractivity contribution in [2.45, 2.75) is 32.8 Å². The lowest BCUT2D eigenvalue weighted by Crippen LogP contribution is -2.36. The molecule has 2 atom stereocenters. The molecule has 0 aliphatic carbocycles. The van der Waals surface area contributed by atoms with Crippen molar-refractivity contribution in [3.63, 3.8) is 0 Å². The molecule has 4 rings (SSSR count). The smallest absolute Gasteiger partial charge is 0.404 e. The van der Waals surface area contributed by atoms with Crippen LogP contribution in [-0.4, -0.2) is 43.4 Å². The van der Waals surface area contributed by atoms with Gasteiger partial charge in [-0.1, -0.05) is 38.1 Å². The Morgan fingerprint density at radius 2 is 1.97 bits per heavy atom. The van der Waals surface area contributed by atoms with E-state index in [0.717, 1.165) is 29.4 Å². The van der Waals surface area contributed by atoms with Crippen molar-refractivity contribution in [1.29, 1.82) is 0 Å². The molecule has 8 nitrogen and oxygen atoms in total. The number of fused-ring (bicyclic) bond motifs is 2. The number of carboxylic acid groups (broad SMARTS) is 1. The summed E-state index contributed by atoms with van der Waals surface area (Å²) in [6.07, 6.45) is 2.30. The van der Waals surface area contributed by atoms with E-state index >= 15 is 0 Å². The zero-order valence-electron chi connectivity index (χ0n) is 17.5. The Balaban J connectivity index is 1.69. The van der Waals surface area contributed by atoms with Crippen molar-refractivity contribution >= 4 is 22.6 Å². The fourth-order valence-corrected chi connectivity index (χ4v) is 3.79. The Morgan fingerprint density at radius 1 is 1.10 bits per heavy atom. The van der Waals surface area contributed by atoms with Gasteiger partial charge in [0.25, 0.3) is 0 Å². The van der Waals surface area contributed by atoms with Gasteiger partial charge in [-0.2, -0.15) is 0 Å². The van der Waals surface area contributed by atoms with E-state index in [-0.39, 0.29) is 12.0 Å². The summed E-state index contributed by atoms with van der Waals surface area (Å²) in [6, 6.07) is 15.5. The maximum atomic E-state index is 10.9. The largest absolute Gasteiger partial charge is 0.488 e. The molecule has 0 saturated heterocycles. The molecule has 0 bridgehead atoms. The van der Waals surface area contributed by atoms with E-state index in [4.69, 9.17) is 14.8 Å². The molecule has 2 N–H and O–H groups in total. The molecule has 0 aliphatic rings. The maximum Gasteiger partial charge on any atom is 0.404 e. The molecular formula is C23H25N5O3. The number of benzene rings is 1. The zero-order valence-corrected chi connectivity index (χ0v) is 17.5. The third kappa shape index (κ3) is 4.28. The average molecular weight is 419 g/mol. The highest BCUT2D eigenvalue weighted by Crippen LogP contribution is 2.29. The number of nitrogens with zero attached hydrogens (tertiary/aromatic N) is 4. The van der Waals surface area contributed by atoms with Crippen LogP contribution in [-0.2, 0) is 0 Å². The van der Waals surface area contributed by atoms with Gasteiger partial charge >= 0.3 is 6.09 Å². The van der Waals surface area contributed by atoms with Gasteiger partial charge in [0.05, 0.1) is 0 Å². The summed E-state index contributed by atoms with van der Waals surface area (Å²) in [5.74, 6) is 1.39. The second kappa shape index (κ2) is 8.99. The quantitative estimate of drug-likeness (QED) is 0.439. The lowest BCUT2D eigenvalue weighted by atomic mass is 9.97. The van der Waals surface area contributed by atoms with Crippen LogP contribution in [0.1, 0.15) is 26.7 Å². The zero-order chi connectivity index (χ0) is 21.8. The molecular weight excluding hydrogens is 394 g/mol. The molecule has 0 fully saturated rings. The Kier molecular flexibility index (Phi) is 5.97. The van der Waals surface area contributed by atoms with E-state index in [1.165, 1.54) is 0 Å². The van der Waals surface area contributed by atoms with Crippen molar-refractivity contribution in [2.75, 3.05) is 6.54 Å². The summed E-state index contributed by atoms with van der Waals surface area (Å²) in [7, 11) is 0. The highest BCUT2D eigenvalue weighted by Gasteiger charge is 2.22. The average Bonchev–Trinajstić information content (AvgIpc) is 3.22. The number of hydrogen-bond acceptors (Lipinski definition) is 5. The Morgan fingerprint density at radius 3 is 2.74 bits per heavy atom. The highest BCUT2D eigenvalue weighted by molar-refractivity contribution is 5.86. The molecule has 160 valence electrons. The summed E-state index contributed by atoms with van der Waals surface area (Å²) < 4.78 is 8.28. The molecule has 8 heteroatoms. The predicted octanol–water partition coefficient (Wildman–Crippen LogP) is 4.40. The van der Waals surface area contributed by atoms with Gasteiger partial charge in [0.2, 0.25) is 0 Å². The van der Waals surface area contributed by atoms with E-state index < -0.39 is 6.09 Å². The van der Waals surface area contributed by atoms with Crippen molar-refractivity contribution in [2.24, 2.45) is 5.92 Å². The van der Waals surface area contributed by atoms with E-state index in [9.17, 15) is 4.79 Å². The molecule has 3 heterocycles. The Labute approximate surface area is 179 Å². The number of pyridine rings is 2. The van der Waals surface area contributed by atoms with Crippen molar-refractivity contribution in [1.82, 2.24) is 24.9 Å². The molecule has 4 aromatic rings. The standard InChI is InChI=1S/C23H25N5O3/c1-3-15(14-24-23(29)30)18(4-2)31-19-9-7-8-16-11-12-17(25-21(16)19)22-27-26-20-10-5-6-13-28(20)22/h5-13,15,18,24H,3-4,14H2,1-2H3,(H,29,30)/t15-,18?/m0/s1. The summed E-state index contributed by atoms with van der Waals surface area (Å²) in [6.45, 7) is 4.43. The number of nitrogens with one attached hydrogen (secondary N) is 1. The van der Waals surface area contributed by atoms with Crippen molar-refractivity contribution in [3.05, 3.63) is 54.7 Å². The van der Waals surface area contributed by atoms with Gasteiger partial charge in [-0.3, -0.25) is 4.40 Å². The first-order valence-corrected chi connectivity index (χ1v) is 10.4. The van der Waals surface area contributed by atoms with Crippen molar-refractivity contribution < 1.29 is 14.6 Å². The first kappa shape index (κ1) is 20.6. The minimum Gasteiger partial charge on any atom is -0.488 e. The molecule has 0 radical (unpaired) electrons. The summed E-state index contributed by atoms with van der Waals surface area (Å²) >= 11 is 0. The fourth-order valence-electron chi connectivity index (χ4n) is 3.79. The minimum atomic E-state index is -1.02. The van der Waals surface area contributed by atoms with Crippen LogP contribution in [0, 0.1) is 5.92 Å². The van der Waals surface area contributed by atoms with E-state index in [1.807, 2.05) is 73.0 Å². The topological polar surface area (TPSA) is 102 Å². The lowest BCUT2D eigenvalue weighted by molar-refractivity contribution is 0.124. The van der Waals surface area contributed by atoms with Crippen molar-refractivity contribution in [3.8, 4) is 17.3 Å². The summed E-state index contributed by atoms with van der Waals surface area (Å²) in [4.78, 5) is 15.8. The summed E-state index contributed by atoms with van der Waals surface area (Å²) in [5.41, 5.74) is 2.20. The minimum absolute atomic E-state index is 0.0555. The van der Waals surface area contributed by atoms with Crippen LogP contribution in [0.3, 0.4) is 0 Å². The van der Waals surface area contributed by atoms with Gasteiger partial charge < -0.3 is 15.2 Å². The maximum absolute atomic E-state index is 10.9. The lowest BCUT2D eigenvalue weighted by Gasteiger charge is -2.26. The monoisotopic (exact) mass is 419 g/mol. The molecule has 1 aromatic carbocycles. The molecule has 3 aromatic heterocycles. The van der Waals surface area contributed by atoms with Crippen LogP contribution in [0.15, 0.2) is 54.7 Å². The third-order valence-corrected chi connectivity index (χ3v) is 5.47. The van der Waals surface area contributed by atoms with E-state index in [1.54, 1.807) is 0 Å². The van der Waals surface area contributed by atoms with Gasteiger partial charge in [0.15, 0.2) is 11.5 Å².